The second-order valence-corrected chi connectivity index (χ2v) is 5.97. The van der Waals surface area contributed by atoms with Crippen LogP contribution >= 0.6 is 0 Å². The summed E-state index contributed by atoms with van der Waals surface area (Å²) < 4.78 is 19.0. The van der Waals surface area contributed by atoms with Crippen molar-refractivity contribution in [3.05, 3.63) is 35.5 Å². The number of hydrogen-bond donors (Lipinski definition) is 0. The standard InChI is InChI=1S/C16H17NO4/c1-16(2)20-11-8-17-10-7-5-4-6-9(10)12(15(18)19-3)13(17)14(11)21-16/h4-7,11,14H,8H2,1-3H3/t11-,14-/m1/s1. The number of carbonyl (C=O) groups is 1. The van der Waals surface area contributed by atoms with Crippen LogP contribution in [0.3, 0.4) is 0 Å². The van der Waals surface area contributed by atoms with Crippen LogP contribution in [0.4, 0.5) is 0 Å². The van der Waals surface area contributed by atoms with E-state index in [-0.39, 0.29) is 18.2 Å². The number of para-hydroxylation sites is 1. The fraction of sp³-hybridized carbons (Fsp3) is 0.438. The molecule has 2 aliphatic rings. The van der Waals surface area contributed by atoms with Crippen molar-refractivity contribution in [3.63, 3.8) is 0 Å². The van der Waals surface area contributed by atoms with Gasteiger partial charge in [0.1, 0.15) is 12.2 Å². The molecule has 1 fully saturated rings. The van der Waals surface area contributed by atoms with Crippen LogP contribution in [0, 0.1) is 0 Å². The molecule has 2 aliphatic heterocycles. The van der Waals surface area contributed by atoms with Crippen LogP contribution in [0.25, 0.3) is 10.9 Å². The molecule has 2 atom stereocenters. The Hall–Kier alpha value is -1.85. The molecule has 4 rings (SSSR count). The predicted molar refractivity (Wildman–Crippen MR) is 76.1 cm³/mol. The highest BCUT2D eigenvalue weighted by Gasteiger charge is 2.50. The number of carbonyl (C=O) groups excluding carboxylic acids is 1. The monoisotopic (exact) mass is 287 g/mol. The maximum absolute atomic E-state index is 12.3. The molecule has 0 amide bonds. The van der Waals surface area contributed by atoms with Crippen molar-refractivity contribution < 1.29 is 19.0 Å². The molecule has 0 aliphatic carbocycles. The van der Waals surface area contributed by atoms with Gasteiger partial charge in [-0.2, -0.15) is 0 Å². The Balaban J connectivity index is 1.97. The van der Waals surface area contributed by atoms with Gasteiger partial charge in [-0.3, -0.25) is 0 Å². The summed E-state index contributed by atoms with van der Waals surface area (Å²) in [6.07, 6.45) is -0.274. The van der Waals surface area contributed by atoms with Gasteiger partial charge in [-0.25, -0.2) is 4.79 Å². The van der Waals surface area contributed by atoms with E-state index in [2.05, 4.69) is 4.57 Å². The molecule has 1 saturated heterocycles. The summed E-state index contributed by atoms with van der Waals surface area (Å²) >= 11 is 0. The van der Waals surface area contributed by atoms with Gasteiger partial charge in [0, 0.05) is 10.9 Å². The Bertz CT molecular complexity index is 746. The van der Waals surface area contributed by atoms with Crippen LogP contribution in [0.2, 0.25) is 0 Å². The topological polar surface area (TPSA) is 49.7 Å². The number of ether oxygens (including phenoxy) is 3. The van der Waals surface area contributed by atoms with Crippen molar-refractivity contribution in [2.45, 2.75) is 38.4 Å². The lowest BCUT2D eigenvalue weighted by molar-refractivity contribution is -0.151. The second kappa shape index (κ2) is 4.08. The van der Waals surface area contributed by atoms with E-state index in [0.29, 0.717) is 12.1 Å². The number of benzene rings is 1. The lowest BCUT2D eigenvalue weighted by atomic mass is 10.1. The largest absolute Gasteiger partial charge is 0.465 e. The Morgan fingerprint density at radius 1 is 1.33 bits per heavy atom. The van der Waals surface area contributed by atoms with Crippen LogP contribution in [-0.4, -0.2) is 29.5 Å². The number of fused-ring (bicyclic) bond motifs is 5. The molecular formula is C16H17NO4. The van der Waals surface area contributed by atoms with Gasteiger partial charge >= 0.3 is 5.97 Å². The van der Waals surface area contributed by atoms with Crippen molar-refractivity contribution in [3.8, 4) is 0 Å². The van der Waals surface area contributed by atoms with Gasteiger partial charge in [0.05, 0.1) is 24.9 Å². The molecule has 5 nitrogen and oxygen atoms in total. The van der Waals surface area contributed by atoms with Gasteiger partial charge in [-0.05, 0) is 19.9 Å². The van der Waals surface area contributed by atoms with Gasteiger partial charge in [0.15, 0.2) is 5.79 Å². The Labute approximate surface area is 122 Å². The summed E-state index contributed by atoms with van der Waals surface area (Å²) in [7, 11) is 1.41. The first-order chi connectivity index (χ1) is 10.0. The third-order valence-corrected chi connectivity index (χ3v) is 4.22. The number of hydrogen-bond acceptors (Lipinski definition) is 4. The minimum atomic E-state index is -0.621. The third-order valence-electron chi connectivity index (χ3n) is 4.22. The minimum absolute atomic E-state index is 0.0528. The summed E-state index contributed by atoms with van der Waals surface area (Å²) in [4.78, 5) is 12.3. The normalized spacial score (nSPS) is 25.9. The molecule has 1 aromatic carbocycles. The fourth-order valence-corrected chi connectivity index (χ4v) is 3.51. The number of methoxy groups -OCH3 is 1. The average Bonchev–Trinajstić information content (AvgIpc) is 3.03. The summed E-state index contributed by atoms with van der Waals surface area (Å²) in [5.41, 5.74) is 2.49. The molecule has 21 heavy (non-hydrogen) atoms. The molecule has 0 unspecified atom stereocenters. The first kappa shape index (κ1) is 12.9. The predicted octanol–water partition coefficient (Wildman–Crippen LogP) is 2.63. The lowest BCUT2D eigenvalue weighted by Gasteiger charge is -2.19. The maximum atomic E-state index is 12.3. The summed E-state index contributed by atoms with van der Waals surface area (Å²) in [6, 6.07) is 7.86. The van der Waals surface area contributed by atoms with Crippen molar-refractivity contribution in [1.82, 2.24) is 4.57 Å². The van der Waals surface area contributed by atoms with E-state index in [1.165, 1.54) is 7.11 Å². The molecule has 0 bridgehead atoms. The van der Waals surface area contributed by atoms with E-state index < -0.39 is 5.79 Å². The molecule has 5 heteroatoms. The zero-order valence-corrected chi connectivity index (χ0v) is 12.3. The summed E-state index contributed by atoms with van der Waals surface area (Å²) in [5.74, 6) is -0.946. The maximum Gasteiger partial charge on any atom is 0.340 e. The lowest BCUT2D eigenvalue weighted by Crippen LogP contribution is -2.23. The molecule has 0 saturated carbocycles. The molecule has 0 N–H and O–H groups in total. The molecule has 2 aromatic rings. The highest BCUT2D eigenvalue weighted by molar-refractivity contribution is 6.06. The Morgan fingerprint density at radius 3 is 2.86 bits per heavy atom. The van der Waals surface area contributed by atoms with Gasteiger partial charge in [0.2, 0.25) is 0 Å². The van der Waals surface area contributed by atoms with E-state index in [9.17, 15) is 4.79 Å². The van der Waals surface area contributed by atoms with E-state index in [1.807, 2.05) is 38.1 Å². The van der Waals surface area contributed by atoms with Crippen molar-refractivity contribution in [1.29, 1.82) is 0 Å². The van der Waals surface area contributed by atoms with Crippen LogP contribution in [-0.2, 0) is 20.8 Å². The highest BCUT2D eigenvalue weighted by Crippen LogP contribution is 2.47. The van der Waals surface area contributed by atoms with Crippen molar-refractivity contribution >= 4 is 16.9 Å². The highest BCUT2D eigenvalue weighted by atomic mass is 16.8. The first-order valence-corrected chi connectivity index (χ1v) is 7.07. The van der Waals surface area contributed by atoms with Gasteiger partial charge in [-0.1, -0.05) is 18.2 Å². The van der Waals surface area contributed by atoms with Gasteiger partial charge in [-0.15, -0.1) is 0 Å². The SMILES string of the molecule is COC(=O)c1c2n(c3ccccc13)C[C@H]1OC(C)(C)O[C@@H]21. The average molecular weight is 287 g/mol. The number of rotatable bonds is 1. The number of aromatic nitrogens is 1. The molecular weight excluding hydrogens is 270 g/mol. The second-order valence-electron chi connectivity index (χ2n) is 5.97. The fourth-order valence-electron chi connectivity index (χ4n) is 3.51. The number of esters is 1. The summed E-state index contributed by atoms with van der Waals surface area (Å²) in [6.45, 7) is 4.49. The zero-order valence-electron chi connectivity index (χ0n) is 12.3. The van der Waals surface area contributed by atoms with Crippen molar-refractivity contribution in [2.24, 2.45) is 0 Å². The van der Waals surface area contributed by atoms with Crippen LogP contribution < -0.4 is 0 Å². The third kappa shape index (κ3) is 1.68. The summed E-state index contributed by atoms with van der Waals surface area (Å²) in [5, 5.41) is 0.908. The van der Waals surface area contributed by atoms with Gasteiger partial charge in [0.25, 0.3) is 0 Å². The smallest absolute Gasteiger partial charge is 0.340 e. The Kier molecular flexibility index (Phi) is 2.50. The van der Waals surface area contributed by atoms with Crippen LogP contribution in [0.15, 0.2) is 24.3 Å². The zero-order chi connectivity index (χ0) is 14.8. The quantitative estimate of drug-likeness (QED) is 0.757. The Morgan fingerprint density at radius 2 is 2.10 bits per heavy atom. The van der Waals surface area contributed by atoms with Crippen LogP contribution in [0.5, 0.6) is 0 Å². The molecule has 1 aromatic heterocycles. The number of nitrogens with zero attached hydrogens (tertiary/aromatic N) is 1. The molecule has 0 spiro atoms. The van der Waals surface area contributed by atoms with E-state index >= 15 is 0 Å². The minimum Gasteiger partial charge on any atom is -0.465 e. The molecule has 0 radical (unpaired) electrons. The van der Waals surface area contributed by atoms with Crippen molar-refractivity contribution in [2.75, 3.05) is 7.11 Å². The van der Waals surface area contributed by atoms with E-state index in [1.54, 1.807) is 0 Å². The van der Waals surface area contributed by atoms with E-state index in [0.717, 1.165) is 16.6 Å². The van der Waals surface area contributed by atoms with Gasteiger partial charge < -0.3 is 18.8 Å². The van der Waals surface area contributed by atoms with Crippen LogP contribution in [0.1, 0.15) is 36.0 Å². The molecule has 3 heterocycles. The van der Waals surface area contributed by atoms with E-state index in [4.69, 9.17) is 14.2 Å². The molecule has 110 valence electrons. The first-order valence-electron chi connectivity index (χ1n) is 7.07.